The molecule has 13 heteroatoms. The largest absolute Gasteiger partial charge is 0.383 e. The van der Waals surface area contributed by atoms with Gasteiger partial charge in [-0.05, 0) is 58.0 Å². The molecule has 0 aromatic carbocycles. The number of carbonyl (C=O) groups is 3. The van der Waals surface area contributed by atoms with Gasteiger partial charge < -0.3 is 27.0 Å². The molecule has 0 spiro atoms. The van der Waals surface area contributed by atoms with Crippen LogP contribution in [-0.4, -0.2) is 100 Å². The molecule has 0 aliphatic rings. The Labute approximate surface area is 201 Å². The normalized spacial score (nSPS) is 12.8. The number of hydrogen-bond donors (Lipinski definition) is 8. The van der Waals surface area contributed by atoms with E-state index in [4.69, 9.17) is 11.5 Å². The molecule has 0 saturated heterocycles. The molecule has 0 bridgehead atoms. The second-order valence-electron chi connectivity index (χ2n) is 8.09. The summed E-state index contributed by atoms with van der Waals surface area (Å²) in [4.78, 5) is 35.5. The van der Waals surface area contributed by atoms with Crippen molar-refractivity contribution in [3.63, 3.8) is 0 Å². The Balaban J connectivity index is 3.81. The molecule has 13 nitrogen and oxygen atoms in total. The highest BCUT2D eigenvalue weighted by atomic mass is 16.5. The number of hydrogen-bond acceptors (Lipinski definition) is 10. The van der Waals surface area contributed by atoms with Crippen molar-refractivity contribution in [2.45, 2.75) is 76.5 Å². The average molecular weight is 493 g/mol. The Hall–Kier alpha value is -1.87. The summed E-state index contributed by atoms with van der Waals surface area (Å²) < 4.78 is 0. The predicted octanol–water partition coefficient (Wildman–Crippen LogP) is -1.37. The lowest BCUT2D eigenvalue weighted by Crippen LogP contribution is -2.40. The Bertz CT molecular complexity index is 570. The summed E-state index contributed by atoms with van der Waals surface area (Å²) in [6.07, 6.45) is 2.11. The summed E-state index contributed by atoms with van der Waals surface area (Å²) in [5.41, 5.74) is 10.7. The van der Waals surface area contributed by atoms with Crippen LogP contribution in [-0.2, 0) is 14.4 Å². The molecule has 0 heterocycles. The van der Waals surface area contributed by atoms with Gasteiger partial charge in [-0.2, -0.15) is 0 Å². The first-order valence-corrected chi connectivity index (χ1v) is 12.0. The van der Waals surface area contributed by atoms with Gasteiger partial charge in [0.1, 0.15) is 12.3 Å². The maximum atomic E-state index is 11.9. The molecule has 0 aliphatic carbocycles. The number of nitrogens with zero attached hydrogens (tertiary/aromatic N) is 2. The van der Waals surface area contributed by atoms with Gasteiger partial charge in [0.15, 0.2) is 0 Å². The average Bonchev–Trinajstić information content (AvgIpc) is 2.81. The van der Waals surface area contributed by atoms with Gasteiger partial charge in [0.25, 0.3) is 5.91 Å². The van der Waals surface area contributed by atoms with Gasteiger partial charge in [0, 0.05) is 39.0 Å². The van der Waals surface area contributed by atoms with Crippen molar-refractivity contribution >= 4 is 17.7 Å². The van der Waals surface area contributed by atoms with Crippen LogP contribution in [0.4, 0.5) is 0 Å². The number of unbranched alkanes of at least 4 members (excludes halogenated alkanes) is 4. The maximum Gasteiger partial charge on any atom is 0.274 e. The molecule has 0 aromatic heterocycles. The number of rotatable bonds is 21. The Morgan fingerprint density at radius 2 is 1.41 bits per heavy atom. The van der Waals surface area contributed by atoms with Crippen molar-refractivity contribution in [2.24, 2.45) is 11.5 Å². The van der Waals surface area contributed by atoms with Gasteiger partial charge in [-0.15, -0.1) is 0 Å². The molecular weight excluding hydrogens is 448 g/mol. The zero-order chi connectivity index (χ0) is 25.8. The number of nitrogens with two attached hydrogens (primary N) is 2. The Kier molecular flexibility index (Phi) is 19.4. The zero-order valence-electron chi connectivity index (χ0n) is 20.0. The summed E-state index contributed by atoms with van der Waals surface area (Å²) in [7, 11) is 0. The summed E-state index contributed by atoms with van der Waals surface area (Å²) in [5.74, 6) is -1.61. The standard InChI is InChI=1S/C21H44N6O7/c22-11-3-1-5-15-26(33)20(31)8-7-18(29)24-13-4-2-6-16-27(34)21(32)17(28)10-14-25-19(30)9-12-23/h17,19,25,28,30,33-34H,1-16,22-23H2,(H,24,29). The maximum absolute atomic E-state index is 11.9. The molecule has 0 aliphatic heterocycles. The van der Waals surface area contributed by atoms with Crippen LogP contribution in [0.1, 0.15) is 64.2 Å². The lowest BCUT2D eigenvalue weighted by atomic mass is 10.2. The van der Waals surface area contributed by atoms with Crippen LogP contribution in [0.5, 0.6) is 0 Å². The minimum Gasteiger partial charge on any atom is -0.383 e. The second-order valence-corrected chi connectivity index (χ2v) is 8.09. The smallest absolute Gasteiger partial charge is 0.274 e. The van der Waals surface area contributed by atoms with Crippen LogP contribution in [0.15, 0.2) is 0 Å². The minimum atomic E-state index is -1.38. The van der Waals surface area contributed by atoms with E-state index >= 15 is 0 Å². The van der Waals surface area contributed by atoms with Crippen LogP contribution >= 0.6 is 0 Å². The van der Waals surface area contributed by atoms with Crippen molar-refractivity contribution in [2.75, 3.05) is 39.3 Å². The highest BCUT2D eigenvalue weighted by molar-refractivity contribution is 5.83. The zero-order valence-corrected chi connectivity index (χ0v) is 20.0. The van der Waals surface area contributed by atoms with Crippen LogP contribution < -0.4 is 22.1 Å². The molecule has 0 aromatic rings. The lowest BCUT2D eigenvalue weighted by molar-refractivity contribution is -0.175. The molecule has 200 valence electrons. The minimum absolute atomic E-state index is 0.0202. The molecule has 0 saturated carbocycles. The first-order valence-electron chi connectivity index (χ1n) is 12.0. The molecule has 0 fully saturated rings. The van der Waals surface area contributed by atoms with E-state index < -0.39 is 24.1 Å². The van der Waals surface area contributed by atoms with Crippen molar-refractivity contribution in [3.05, 3.63) is 0 Å². The van der Waals surface area contributed by atoms with Crippen molar-refractivity contribution in [3.8, 4) is 0 Å². The highest BCUT2D eigenvalue weighted by Crippen LogP contribution is 2.03. The van der Waals surface area contributed by atoms with E-state index in [0.29, 0.717) is 61.9 Å². The Morgan fingerprint density at radius 3 is 2.06 bits per heavy atom. The third-order valence-electron chi connectivity index (χ3n) is 5.07. The van der Waals surface area contributed by atoms with Crippen LogP contribution in [0.3, 0.4) is 0 Å². The molecule has 34 heavy (non-hydrogen) atoms. The molecule has 2 atom stereocenters. The number of nitrogens with one attached hydrogen (secondary N) is 2. The molecule has 10 N–H and O–H groups in total. The fourth-order valence-corrected chi connectivity index (χ4v) is 2.99. The fourth-order valence-electron chi connectivity index (χ4n) is 2.99. The van der Waals surface area contributed by atoms with Crippen molar-refractivity contribution in [1.29, 1.82) is 0 Å². The second kappa shape index (κ2) is 20.5. The van der Waals surface area contributed by atoms with E-state index in [9.17, 15) is 35.0 Å². The van der Waals surface area contributed by atoms with Crippen LogP contribution in [0, 0.1) is 0 Å². The Morgan fingerprint density at radius 1 is 0.765 bits per heavy atom. The predicted molar refractivity (Wildman–Crippen MR) is 124 cm³/mol. The van der Waals surface area contributed by atoms with Gasteiger partial charge >= 0.3 is 0 Å². The first kappa shape index (κ1) is 32.1. The van der Waals surface area contributed by atoms with Crippen LogP contribution in [0.2, 0.25) is 0 Å². The third-order valence-corrected chi connectivity index (χ3v) is 5.07. The fraction of sp³-hybridized carbons (Fsp3) is 0.857. The van der Waals surface area contributed by atoms with Gasteiger partial charge in [-0.3, -0.25) is 30.1 Å². The topological polar surface area (TPSA) is 215 Å². The van der Waals surface area contributed by atoms with Crippen LogP contribution in [0.25, 0.3) is 0 Å². The summed E-state index contributed by atoms with van der Waals surface area (Å²) >= 11 is 0. The number of amides is 3. The quantitative estimate of drug-likeness (QED) is 0.0407. The van der Waals surface area contributed by atoms with Gasteiger partial charge in [0.2, 0.25) is 11.8 Å². The number of carbonyl (C=O) groups excluding carboxylic acids is 3. The monoisotopic (exact) mass is 492 g/mol. The SMILES string of the molecule is NCCCCCN(O)C(=O)CCC(=O)NCCCCCN(O)C(=O)C(O)CCNC(O)CCN. The van der Waals surface area contributed by atoms with E-state index in [-0.39, 0.29) is 44.8 Å². The van der Waals surface area contributed by atoms with E-state index in [2.05, 4.69) is 10.6 Å². The molecule has 3 amide bonds. The molecule has 0 radical (unpaired) electrons. The van der Waals surface area contributed by atoms with E-state index in [0.717, 1.165) is 12.8 Å². The summed E-state index contributed by atoms with van der Waals surface area (Å²) in [6, 6.07) is 0. The molecular formula is C21H44N6O7. The molecule has 2 unspecified atom stereocenters. The number of aliphatic hydroxyl groups is 2. The summed E-state index contributed by atoms with van der Waals surface area (Å²) in [5, 5.41) is 45.2. The third kappa shape index (κ3) is 16.7. The van der Waals surface area contributed by atoms with Crippen molar-refractivity contribution < 1.29 is 35.0 Å². The van der Waals surface area contributed by atoms with Gasteiger partial charge in [-0.1, -0.05) is 6.42 Å². The van der Waals surface area contributed by atoms with E-state index in [1.807, 2.05) is 0 Å². The highest BCUT2D eigenvalue weighted by Gasteiger charge is 2.20. The van der Waals surface area contributed by atoms with Gasteiger partial charge in [0.05, 0.1) is 0 Å². The van der Waals surface area contributed by atoms with E-state index in [1.54, 1.807) is 0 Å². The van der Waals surface area contributed by atoms with Gasteiger partial charge in [-0.25, -0.2) is 10.1 Å². The summed E-state index contributed by atoms with van der Waals surface area (Å²) in [6.45, 7) is 1.71. The van der Waals surface area contributed by atoms with Crippen molar-refractivity contribution in [1.82, 2.24) is 20.8 Å². The molecule has 0 rings (SSSR count). The first-order chi connectivity index (χ1) is 16.2. The lowest BCUT2D eigenvalue weighted by Gasteiger charge is -2.19. The number of aliphatic hydroxyl groups excluding tert-OH is 2. The number of hydroxylamine groups is 4. The van der Waals surface area contributed by atoms with E-state index in [1.165, 1.54) is 0 Å².